The van der Waals surface area contributed by atoms with Crippen molar-refractivity contribution in [2.24, 2.45) is 0 Å². The molecule has 0 fully saturated rings. The van der Waals surface area contributed by atoms with Gasteiger partial charge in [-0.1, -0.05) is 11.6 Å². The third kappa shape index (κ3) is 2.25. The molecule has 0 aromatic heterocycles. The molecular formula is C7H7BrClNO2. The van der Waals surface area contributed by atoms with Crippen molar-refractivity contribution in [2.45, 2.75) is 3.91 Å². The molecular weight excluding hydrogens is 245 g/mol. The molecule has 0 saturated carbocycles. The van der Waals surface area contributed by atoms with Gasteiger partial charge in [0.05, 0.1) is 12.7 Å². The predicted octanol–water partition coefficient (Wildman–Crippen LogP) is 1.49. The second kappa shape index (κ2) is 3.49. The average molecular weight is 252 g/mol. The standard InChI is InChI=1S/C7H7BrClNO2/c1-12-6(11)5-2-3-10-7(8,9)4-5/h2-4,10H,1H3. The first-order valence-corrected chi connectivity index (χ1v) is 4.35. The molecule has 0 bridgehead atoms. The highest BCUT2D eigenvalue weighted by Gasteiger charge is 2.23. The minimum absolute atomic E-state index is 0.405. The molecule has 0 saturated heterocycles. The Morgan fingerprint density at radius 1 is 1.83 bits per heavy atom. The number of carbonyl (C=O) groups excluding carboxylic acids is 1. The van der Waals surface area contributed by atoms with Crippen LogP contribution in [0.2, 0.25) is 0 Å². The molecule has 1 aliphatic heterocycles. The number of halogens is 2. The second-order valence-electron chi connectivity index (χ2n) is 2.19. The lowest BCUT2D eigenvalue weighted by Crippen LogP contribution is -2.30. The number of dihydropyridines is 1. The number of carbonyl (C=O) groups is 1. The molecule has 1 aliphatic rings. The molecule has 0 aromatic rings. The Balaban J connectivity index is 2.84. The Morgan fingerprint density at radius 2 is 2.50 bits per heavy atom. The summed E-state index contributed by atoms with van der Waals surface area (Å²) in [5, 5.41) is 2.78. The summed E-state index contributed by atoms with van der Waals surface area (Å²) >= 11 is 8.99. The molecule has 5 heteroatoms. The maximum Gasteiger partial charge on any atom is 0.337 e. The summed E-state index contributed by atoms with van der Waals surface area (Å²) in [5.74, 6) is -0.405. The quantitative estimate of drug-likeness (QED) is 0.436. The Morgan fingerprint density at radius 3 is 3.00 bits per heavy atom. The van der Waals surface area contributed by atoms with Crippen molar-refractivity contribution in [2.75, 3.05) is 7.11 Å². The molecule has 0 amide bonds. The van der Waals surface area contributed by atoms with Crippen LogP contribution in [0.5, 0.6) is 0 Å². The van der Waals surface area contributed by atoms with Gasteiger partial charge in [0.25, 0.3) is 0 Å². The van der Waals surface area contributed by atoms with Crippen LogP contribution in [0.1, 0.15) is 0 Å². The first-order valence-electron chi connectivity index (χ1n) is 3.18. The normalized spacial score (nSPS) is 27.4. The fraction of sp³-hybridized carbons (Fsp3) is 0.286. The smallest absolute Gasteiger partial charge is 0.337 e. The number of ether oxygens (including phenoxy) is 1. The molecule has 66 valence electrons. The van der Waals surface area contributed by atoms with E-state index in [0.29, 0.717) is 5.57 Å². The molecule has 1 heterocycles. The number of hydrogen-bond acceptors (Lipinski definition) is 3. The summed E-state index contributed by atoms with van der Waals surface area (Å²) in [5.41, 5.74) is 0.420. The van der Waals surface area contributed by atoms with Crippen LogP contribution in [-0.2, 0) is 9.53 Å². The Bertz CT molecular complexity index is 260. The number of alkyl halides is 2. The van der Waals surface area contributed by atoms with Gasteiger partial charge in [-0.25, -0.2) is 4.79 Å². The molecule has 12 heavy (non-hydrogen) atoms. The molecule has 3 nitrogen and oxygen atoms in total. The number of esters is 1. The number of rotatable bonds is 1. The number of nitrogens with one attached hydrogen (secondary N) is 1. The zero-order chi connectivity index (χ0) is 9.19. The molecule has 1 rings (SSSR count). The summed E-state index contributed by atoms with van der Waals surface area (Å²) in [6.45, 7) is 0. The summed E-state index contributed by atoms with van der Waals surface area (Å²) in [6, 6.07) is 0. The largest absolute Gasteiger partial charge is 0.465 e. The Hall–Kier alpha value is -0.480. The van der Waals surface area contributed by atoms with Crippen molar-refractivity contribution in [3.05, 3.63) is 23.9 Å². The van der Waals surface area contributed by atoms with Crippen LogP contribution in [0.25, 0.3) is 0 Å². The fourth-order valence-corrected chi connectivity index (χ4v) is 1.33. The SMILES string of the molecule is COC(=O)C1=CC(Cl)(Br)NC=C1. The van der Waals surface area contributed by atoms with E-state index in [1.807, 2.05) is 0 Å². The van der Waals surface area contributed by atoms with Crippen molar-refractivity contribution >= 4 is 33.5 Å². The van der Waals surface area contributed by atoms with Crippen LogP contribution < -0.4 is 5.32 Å². The second-order valence-corrected chi connectivity index (χ2v) is 4.50. The predicted molar refractivity (Wildman–Crippen MR) is 49.9 cm³/mol. The van der Waals surface area contributed by atoms with Gasteiger partial charge in [-0.2, -0.15) is 0 Å². The van der Waals surface area contributed by atoms with Gasteiger partial charge in [-0.3, -0.25) is 0 Å². The molecule has 0 spiro atoms. The first-order chi connectivity index (χ1) is 5.55. The van der Waals surface area contributed by atoms with Crippen molar-refractivity contribution in [1.82, 2.24) is 5.32 Å². The van der Waals surface area contributed by atoms with Gasteiger partial charge in [0.15, 0.2) is 3.91 Å². The Kier molecular flexibility index (Phi) is 2.80. The van der Waals surface area contributed by atoms with Crippen LogP contribution >= 0.6 is 27.5 Å². The van der Waals surface area contributed by atoms with E-state index in [0.717, 1.165) is 0 Å². The van der Waals surface area contributed by atoms with E-state index in [4.69, 9.17) is 11.6 Å². The van der Waals surface area contributed by atoms with E-state index in [1.165, 1.54) is 13.2 Å². The third-order valence-electron chi connectivity index (χ3n) is 1.30. The van der Waals surface area contributed by atoms with Crippen LogP contribution in [0.15, 0.2) is 23.9 Å². The van der Waals surface area contributed by atoms with Gasteiger partial charge < -0.3 is 10.1 Å². The van der Waals surface area contributed by atoms with E-state index in [-0.39, 0.29) is 0 Å². The van der Waals surface area contributed by atoms with Gasteiger partial charge in [0.2, 0.25) is 0 Å². The van der Waals surface area contributed by atoms with Crippen LogP contribution in [-0.4, -0.2) is 17.0 Å². The summed E-state index contributed by atoms with van der Waals surface area (Å²) < 4.78 is 3.63. The maximum absolute atomic E-state index is 11.0. The first kappa shape index (κ1) is 9.61. The highest BCUT2D eigenvalue weighted by Crippen LogP contribution is 2.26. The fourth-order valence-electron chi connectivity index (χ4n) is 0.772. The molecule has 0 aliphatic carbocycles. The number of hydrogen-bond donors (Lipinski definition) is 1. The number of methoxy groups -OCH3 is 1. The monoisotopic (exact) mass is 251 g/mol. The summed E-state index contributed by atoms with van der Waals surface area (Å²) in [6.07, 6.45) is 4.70. The van der Waals surface area contributed by atoms with Crippen LogP contribution in [0, 0.1) is 0 Å². The van der Waals surface area contributed by atoms with E-state index in [9.17, 15) is 4.79 Å². The van der Waals surface area contributed by atoms with Crippen LogP contribution in [0.4, 0.5) is 0 Å². The van der Waals surface area contributed by atoms with Gasteiger partial charge in [0.1, 0.15) is 0 Å². The average Bonchev–Trinajstić information content (AvgIpc) is 2.01. The molecule has 1 N–H and O–H groups in total. The third-order valence-corrected chi connectivity index (χ3v) is 1.97. The zero-order valence-corrected chi connectivity index (χ0v) is 8.65. The summed E-state index contributed by atoms with van der Waals surface area (Å²) in [7, 11) is 1.32. The minimum atomic E-state index is -0.884. The van der Waals surface area contributed by atoms with Gasteiger partial charge in [-0.15, -0.1) is 0 Å². The maximum atomic E-state index is 11.0. The Labute approximate surface area is 83.5 Å². The van der Waals surface area contributed by atoms with E-state index in [2.05, 4.69) is 26.0 Å². The van der Waals surface area contributed by atoms with Gasteiger partial charge in [0, 0.05) is 0 Å². The zero-order valence-electron chi connectivity index (χ0n) is 6.30. The van der Waals surface area contributed by atoms with E-state index >= 15 is 0 Å². The molecule has 1 atom stereocenters. The van der Waals surface area contributed by atoms with Crippen molar-refractivity contribution < 1.29 is 9.53 Å². The van der Waals surface area contributed by atoms with E-state index < -0.39 is 9.88 Å². The molecule has 0 radical (unpaired) electrons. The van der Waals surface area contributed by atoms with E-state index in [1.54, 1.807) is 12.3 Å². The lowest BCUT2D eigenvalue weighted by molar-refractivity contribution is -0.135. The highest BCUT2D eigenvalue weighted by molar-refractivity contribution is 9.10. The molecule has 0 aromatic carbocycles. The van der Waals surface area contributed by atoms with Crippen molar-refractivity contribution in [3.8, 4) is 0 Å². The summed E-state index contributed by atoms with van der Waals surface area (Å²) in [4.78, 5) is 11.0. The topological polar surface area (TPSA) is 38.3 Å². The molecule has 1 unspecified atom stereocenters. The van der Waals surface area contributed by atoms with Gasteiger partial charge in [-0.05, 0) is 34.3 Å². The van der Waals surface area contributed by atoms with Crippen molar-refractivity contribution in [1.29, 1.82) is 0 Å². The lowest BCUT2D eigenvalue weighted by Gasteiger charge is -2.20. The lowest BCUT2D eigenvalue weighted by atomic mass is 10.2. The highest BCUT2D eigenvalue weighted by atomic mass is 79.9. The van der Waals surface area contributed by atoms with Crippen molar-refractivity contribution in [3.63, 3.8) is 0 Å². The van der Waals surface area contributed by atoms with Gasteiger partial charge >= 0.3 is 5.97 Å². The minimum Gasteiger partial charge on any atom is -0.465 e. The van der Waals surface area contributed by atoms with Crippen LogP contribution in [0.3, 0.4) is 0 Å².